The maximum Gasteiger partial charge on any atom is 0.417 e. The fourth-order valence-corrected chi connectivity index (χ4v) is 4.66. The first-order valence-corrected chi connectivity index (χ1v) is 12.2. The van der Waals surface area contributed by atoms with Crippen molar-refractivity contribution in [2.45, 2.75) is 58.2 Å². The second-order valence-corrected chi connectivity index (χ2v) is 9.40. The third-order valence-electron chi connectivity index (χ3n) is 6.07. The van der Waals surface area contributed by atoms with E-state index in [4.69, 9.17) is 23.2 Å². The number of fused-ring (bicyclic) bond motifs is 3. The second-order valence-electron chi connectivity index (χ2n) is 8.56. The first-order chi connectivity index (χ1) is 15.7. The van der Waals surface area contributed by atoms with Gasteiger partial charge in [-0.05, 0) is 89.8 Å². The Labute approximate surface area is 203 Å². The van der Waals surface area contributed by atoms with Gasteiger partial charge in [-0.1, -0.05) is 56.0 Å². The molecule has 3 aromatic rings. The van der Waals surface area contributed by atoms with Gasteiger partial charge >= 0.3 is 6.18 Å². The Bertz CT molecular complexity index is 1090. The molecule has 0 aliphatic carbocycles. The van der Waals surface area contributed by atoms with Crippen molar-refractivity contribution in [3.05, 3.63) is 57.6 Å². The molecule has 0 aliphatic heterocycles. The SMILES string of the molecule is CCCCN(CCCC)CCC(O)c1cc2ccc(Cl)cc2c2cc(C(F)(F)F)c(Cl)cc12. The van der Waals surface area contributed by atoms with Crippen molar-refractivity contribution in [2.75, 3.05) is 19.6 Å². The number of unbranched alkanes of at least 4 members (excludes halogenated alkanes) is 2. The number of hydrogen-bond acceptors (Lipinski definition) is 2. The number of halogens is 5. The van der Waals surface area contributed by atoms with Crippen molar-refractivity contribution >= 4 is 44.7 Å². The van der Waals surface area contributed by atoms with Crippen LogP contribution >= 0.6 is 23.2 Å². The monoisotopic (exact) mass is 499 g/mol. The zero-order valence-electron chi connectivity index (χ0n) is 19.0. The van der Waals surface area contributed by atoms with Crippen molar-refractivity contribution in [1.29, 1.82) is 0 Å². The minimum Gasteiger partial charge on any atom is -0.388 e. The summed E-state index contributed by atoms with van der Waals surface area (Å²) in [5.74, 6) is 0. The molecule has 0 amide bonds. The molecule has 1 N–H and O–H groups in total. The molecule has 3 aromatic carbocycles. The van der Waals surface area contributed by atoms with Gasteiger partial charge in [0.1, 0.15) is 0 Å². The molecule has 0 radical (unpaired) electrons. The van der Waals surface area contributed by atoms with E-state index >= 15 is 0 Å². The van der Waals surface area contributed by atoms with Crippen LogP contribution in [0.3, 0.4) is 0 Å². The Hall–Kier alpha value is -1.53. The van der Waals surface area contributed by atoms with Crippen LogP contribution < -0.4 is 0 Å². The van der Waals surface area contributed by atoms with Crippen LogP contribution in [0, 0.1) is 0 Å². The van der Waals surface area contributed by atoms with Gasteiger partial charge < -0.3 is 10.0 Å². The standard InChI is InChI=1S/C26H30Cl2F3NO/c1-3-5-10-32(11-6-4-2)12-9-25(33)22-13-17-7-8-18(27)14-19(17)20-15-23(26(29,30)31)24(28)16-21(20)22/h7-8,13-16,25,33H,3-6,9-12H2,1-2H3. The van der Waals surface area contributed by atoms with Gasteiger partial charge in [0.2, 0.25) is 0 Å². The topological polar surface area (TPSA) is 23.5 Å². The Balaban J connectivity index is 2.04. The van der Waals surface area contributed by atoms with E-state index in [9.17, 15) is 18.3 Å². The number of alkyl halides is 3. The number of aliphatic hydroxyl groups is 1. The molecule has 0 spiro atoms. The second kappa shape index (κ2) is 11.3. The van der Waals surface area contributed by atoms with Gasteiger partial charge in [-0.3, -0.25) is 0 Å². The fraction of sp³-hybridized carbons (Fsp3) is 0.462. The summed E-state index contributed by atoms with van der Waals surface area (Å²) in [6, 6.07) is 9.35. The molecule has 180 valence electrons. The maximum absolute atomic E-state index is 13.6. The molecular weight excluding hydrogens is 470 g/mol. The van der Waals surface area contributed by atoms with Crippen LogP contribution in [-0.2, 0) is 6.18 Å². The van der Waals surface area contributed by atoms with E-state index in [-0.39, 0.29) is 5.02 Å². The number of rotatable bonds is 10. The van der Waals surface area contributed by atoms with Crippen molar-refractivity contribution < 1.29 is 18.3 Å². The summed E-state index contributed by atoms with van der Waals surface area (Å²) < 4.78 is 40.7. The first-order valence-electron chi connectivity index (χ1n) is 11.5. The van der Waals surface area contributed by atoms with E-state index < -0.39 is 17.8 Å². The zero-order chi connectivity index (χ0) is 24.2. The van der Waals surface area contributed by atoms with Crippen LogP contribution in [0.5, 0.6) is 0 Å². The summed E-state index contributed by atoms with van der Waals surface area (Å²) in [4.78, 5) is 2.36. The van der Waals surface area contributed by atoms with E-state index in [1.807, 2.05) is 6.07 Å². The summed E-state index contributed by atoms with van der Waals surface area (Å²) in [7, 11) is 0. The highest BCUT2D eigenvalue weighted by Crippen LogP contribution is 2.42. The Morgan fingerprint density at radius 3 is 2.15 bits per heavy atom. The Kier molecular flexibility index (Phi) is 8.90. The van der Waals surface area contributed by atoms with Gasteiger partial charge in [0.05, 0.1) is 16.7 Å². The van der Waals surface area contributed by atoms with Gasteiger partial charge in [-0.15, -0.1) is 0 Å². The number of aliphatic hydroxyl groups excluding tert-OH is 1. The predicted molar refractivity (Wildman–Crippen MR) is 132 cm³/mol. The van der Waals surface area contributed by atoms with Gasteiger partial charge in [0.25, 0.3) is 0 Å². The lowest BCUT2D eigenvalue weighted by Gasteiger charge is -2.24. The smallest absolute Gasteiger partial charge is 0.388 e. The highest BCUT2D eigenvalue weighted by atomic mass is 35.5. The van der Waals surface area contributed by atoms with Gasteiger partial charge in [0.15, 0.2) is 0 Å². The number of hydrogen-bond donors (Lipinski definition) is 1. The third kappa shape index (κ3) is 6.33. The van der Waals surface area contributed by atoms with Gasteiger partial charge in [0, 0.05) is 11.6 Å². The minimum absolute atomic E-state index is 0.377. The molecule has 0 aliphatic rings. The number of benzene rings is 3. The van der Waals surface area contributed by atoms with Gasteiger partial charge in [-0.2, -0.15) is 13.2 Å². The largest absolute Gasteiger partial charge is 0.417 e. The molecule has 0 bridgehead atoms. The maximum atomic E-state index is 13.6. The van der Waals surface area contributed by atoms with Crippen LogP contribution in [0.4, 0.5) is 13.2 Å². The Morgan fingerprint density at radius 2 is 1.55 bits per heavy atom. The summed E-state index contributed by atoms with van der Waals surface area (Å²) >= 11 is 12.2. The Morgan fingerprint density at radius 1 is 0.879 bits per heavy atom. The molecule has 3 rings (SSSR count). The normalized spacial score (nSPS) is 13.4. The highest BCUT2D eigenvalue weighted by Gasteiger charge is 2.34. The first kappa shape index (κ1) is 26.1. The van der Waals surface area contributed by atoms with E-state index in [2.05, 4.69) is 18.7 Å². The summed E-state index contributed by atoms with van der Waals surface area (Å²) in [6.45, 7) is 6.97. The average Bonchev–Trinajstić information content (AvgIpc) is 2.76. The van der Waals surface area contributed by atoms with E-state index in [1.54, 1.807) is 18.2 Å². The number of nitrogens with zero attached hydrogens (tertiary/aromatic N) is 1. The minimum atomic E-state index is -4.58. The van der Waals surface area contributed by atoms with Crippen LogP contribution in [-0.4, -0.2) is 29.6 Å². The summed E-state index contributed by atoms with van der Waals surface area (Å²) in [5, 5.41) is 13.4. The van der Waals surface area contributed by atoms with E-state index in [0.717, 1.165) is 56.8 Å². The molecule has 1 unspecified atom stereocenters. The van der Waals surface area contributed by atoms with Crippen LogP contribution in [0.15, 0.2) is 36.4 Å². The van der Waals surface area contributed by atoms with Crippen LogP contribution in [0.25, 0.3) is 21.5 Å². The zero-order valence-corrected chi connectivity index (χ0v) is 20.5. The van der Waals surface area contributed by atoms with Gasteiger partial charge in [-0.25, -0.2) is 0 Å². The summed E-state index contributed by atoms with van der Waals surface area (Å²) in [6.07, 6.45) is -0.535. The van der Waals surface area contributed by atoms with Crippen molar-refractivity contribution in [1.82, 2.24) is 4.90 Å². The predicted octanol–water partition coefficient (Wildman–Crippen LogP) is 8.64. The van der Waals surface area contributed by atoms with Crippen molar-refractivity contribution in [3.63, 3.8) is 0 Å². The summed E-state index contributed by atoms with van der Waals surface area (Å²) in [5.41, 5.74) is -0.309. The van der Waals surface area contributed by atoms with Crippen molar-refractivity contribution in [2.24, 2.45) is 0 Å². The average molecular weight is 500 g/mol. The van der Waals surface area contributed by atoms with Crippen LogP contribution in [0.1, 0.15) is 63.2 Å². The third-order valence-corrected chi connectivity index (χ3v) is 6.62. The van der Waals surface area contributed by atoms with E-state index in [1.165, 1.54) is 6.07 Å². The molecule has 1 atom stereocenters. The lowest BCUT2D eigenvalue weighted by molar-refractivity contribution is -0.137. The molecule has 0 fully saturated rings. The molecule has 33 heavy (non-hydrogen) atoms. The lowest BCUT2D eigenvalue weighted by atomic mass is 9.92. The lowest BCUT2D eigenvalue weighted by Crippen LogP contribution is -2.28. The fourth-order valence-electron chi connectivity index (χ4n) is 4.22. The van der Waals surface area contributed by atoms with Crippen molar-refractivity contribution in [3.8, 4) is 0 Å². The molecule has 0 heterocycles. The molecule has 7 heteroatoms. The molecule has 0 saturated heterocycles. The molecule has 0 saturated carbocycles. The molecular formula is C26H30Cl2F3NO. The molecule has 0 aromatic heterocycles. The van der Waals surface area contributed by atoms with Crippen LogP contribution in [0.2, 0.25) is 10.0 Å². The highest BCUT2D eigenvalue weighted by molar-refractivity contribution is 6.33. The quantitative estimate of drug-likeness (QED) is 0.282. The molecule has 2 nitrogen and oxygen atoms in total. The van der Waals surface area contributed by atoms with E-state index in [0.29, 0.717) is 33.2 Å².